The lowest BCUT2D eigenvalue weighted by atomic mass is 10.4. The number of rotatable bonds is 0. The highest BCUT2D eigenvalue weighted by molar-refractivity contribution is 9.10. The maximum atomic E-state index is 5.80. The SMILES string of the molecule is Clc1cc2cc(Br)cnc2s1. The number of halogens is 2. The van der Waals surface area contributed by atoms with E-state index in [-0.39, 0.29) is 0 Å². The summed E-state index contributed by atoms with van der Waals surface area (Å²) in [7, 11) is 0. The van der Waals surface area contributed by atoms with Gasteiger partial charge in [-0.25, -0.2) is 4.98 Å². The lowest BCUT2D eigenvalue weighted by Crippen LogP contribution is -1.69. The van der Waals surface area contributed by atoms with Gasteiger partial charge in [-0.15, -0.1) is 11.3 Å². The summed E-state index contributed by atoms with van der Waals surface area (Å²) >= 11 is 10.6. The van der Waals surface area contributed by atoms with Crippen LogP contribution in [0.3, 0.4) is 0 Å². The van der Waals surface area contributed by atoms with E-state index in [9.17, 15) is 0 Å². The van der Waals surface area contributed by atoms with Gasteiger partial charge in [0.05, 0.1) is 4.34 Å². The van der Waals surface area contributed by atoms with Crippen molar-refractivity contribution in [3.63, 3.8) is 0 Å². The maximum Gasteiger partial charge on any atom is 0.124 e. The summed E-state index contributed by atoms with van der Waals surface area (Å²) in [5, 5.41) is 1.09. The van der Waals surface area contributed by atoms with Gasteiger partial charge in [0.1, 0.15) is 4.83 Å². The molecule has 0 N–H and O–H groups in total. The van der Waals surface area contributed by atoms with Gasteiger partial charge >= 0.3 is 0 Å². The first kappa shape index (κ1) is 7.53. The molecule has 0 atom stereocenters. The van der Waals surface area contributed by atoms with Gasteiger partial charge in [0.15, 0.2) is 0 Å². The summed E-state index contributed by atoms with van der Waals surface area (Å²) in [6.07, 6.45) is 1.77. The zero-order valence-electron chi connectivity index (χ0n) is 5.34. The van der Waals surface area contributed by atoms with Crippen LogP contribution in [0.15, 0.2) is 22.8 Å². The Morgan fingerprint density at radius 2 is 2.27 bits per heavy atom. The van der Waals surface area contributed by atoms with Crippen LogP contribution in [-0.2, 0) is 0 Å². The van der Waals surface area contributed by atoms with Gasteiger partial charge in [-0.1, -0.05) is 11.6 Å². The molecule has 0 aliphatic heterocycles. The average Bonchev–Trinajstić information content (AvgIpc) is 2.27. The topological polar surface area (TPSA) is 12.9 Å². The zero-order chi connectivity index (χ0) is 7.84. The molecule has 0 spiro atoms. The highest BCUT2D eigenvalue weighted by Gasteiger charge is 1.99. The lowest BCUT2D eigenvalue weighted by Gasteiger charge is -1.87. The first-order valence-electron chi connectivity index (χ1n) is 2.96. The van der Waals surface area contributed by atoms with Gasteiger partial charge in [-0.2, -0.15) is 0 Å². The van der Waals surface area contributed by atoms with Crippen molar-refractivity contribution in [1.29, 1.82) is 0 Å². The summed E-state index contributed by atoms with van der Waals surface area (Å²) in [6.45, 7) is 0. The minimum Gasteiger partial charge on any atom is -0.244 e. The van der Waals surface area contributed by atoms with E-state index >= 15 is 0 Å². The number of hydrogen-bond acceptors (Lipinski definition) is 2. The van der Waals surface area contributed by atoms with Crippen LogP contribution in [0.5, 0.6) is 0 Å². The van der Waals surface area contributed by atoms with Crippen molar-refractivity contribution in [3.05, 3.63) is 27.1 Å². The first-order chi connectivity index (χ1) is 5.25. The van der Waals surface area contributed by atoms with Gasteiger partial charge in [-0.3, -0.25) is 0 Å². The van der Waals surface area contributed by atoms with E-state index in [1.54, 1.807) is 6.20 Å². The van der Waals surface area contributed by atoms with Crippen molar-refractivity contribution >= 4 is 49.1 Å². The fourth-order valence-corrected chi connectivity index (χ4v) is 2.27. The van der Waals surface area contributed by atoms with Crippen LogP contribution in [0.25, 0.3) is 10.2 Å². The number of thiophene rings is 1. The number of hydrogen-bond donors (Lipinski definition) is 0. The molecule has 0 fully saturated rings. The molecule has 0 aliphatic carbocycles. The summed E-state index contributed by atoms with van der Waals surface area (Å²) in [4.78, 5) is 5.17. The van der Waals surface area contributed by atoms with Crippen molar-refractivity contribution in [3.8, 4) is 0 Å². The Morgan fingerprint density at radius 1 is 1.45 bits per heavy atom. The monoisotopic (exact) mass is 247 g/mol. The molecule has 0 saturated heterocycles. The molecular formula is C7H3BrClNS. The van der Waals surface area contributed by atoms with Crippen LogP contribution in [0.2, 0.25) is 4.34 Å². The maximum absolute atomic E-state index is 5.80. The molecular weight excluding hydrogens is 246 g/mol. The molecule has 0 aromatic carbocycles. The van der Waals surface area contributed by atoms with Crippen molar-refractivity contribution in [2.45, 2.75) is 0 Å². The predicted octanol–water partition coefficient (Wildman–Crippen LogP) is 3.71. The van der Waals surface area contributed by atoms with Crippen molar-refractivity contribution < 1.29 is 0 Å². The van der Waals surface area contributed by atoms with E-state index in [4.69, 9.17) is 11.6 Å². The number of fused-ring (bicyclic) bond motifs is 1. The van der Waals surface area contributed by atoms with Crippen molar-refractivity contribution in [2.24, 2.45) is 0 Å². The Kier molecular flexibility index (Phi) is 1.87. The second-order valence-electron chi connectivity index (χ2n) is 2.10. The van der Waals surface area contributed by atoms with Gasteiger partial charge in [-0.05, 0) is 28.1 Å². The lowest BCUT2D eigenvalue weighted by molar-refractivity contribution is 1.42. The fraction of sp³-hybridized carbons (Fsp3) is 0. The standard InChI is InChI=1S/C7H3BrClNS/c8-5-1-4-2-6(9)11-7(4)10-3-5/h1-3H. The van der Waals surface area contributed by atoms with Gasteiger partial charge < -0.3 is 0 Å². The summed E-state index contributed by atoms with van der Waals surface area (Å²) in [5.74, 6) is 0. The molecule has 56 valence electrons. The molecule has 1 nitrogen and oxygen atoms in total. The molecule has 2 rings (SSSR count). The quantitative estimate of drug-likeness (QED) is 0.692. The molecule has 2 aromatic heterocycles. The number of pyridine rings is 1. The Balaban J connectivity index is 2.82. The third-order valence-electron chi connectivity index (χ3n) is 1.31. The van der Waals surface area contributed by atoms with Gasteiger partial charge in [0.25, 0.3) is 0 Å². The van der Waals surface area contributed by atoms with E-state index in [2.05, 4.69) is 20.9 Å². The van der Waals surface area contributed by atoms with Crippen LogP contribution in [-0.4, -0.2) is 4.98 Å². The minimum atomic E-state index is 0.783. The normalized spacial score (nSPS) is 10.7. The van der Waals surface area contributed by atoms with Crippen LogP contribution < -0.4 is 0 Å². The minimum absolute atomic E-state index is 0.783. The van der Waals surface area contributed by atoms with E-state index < -0.39 is 0 Å². The Morgan fingerprint density at radius 3 is 3.09 bits per heavy atom. The molecule has 0 bridgehead atoms. The second-order valence-corrected chi connectivity index (χ2v) is 4.68. The van der Waals surface area contributed by atoms with E-state index in [1.165, 1.54) is 11.3 Å². The molecule has 4 heteroatoms. The molecule has 0 saturated carbocycles. The molecule has 2 aromatic rings. The Hall–Kier alpha value is -0.120. The largest absolute Gasteiger partial charge is 0.244 e. The smallest absolute Gasteiger partial charge is 0.124 e. The van der Waals surface area contributed by atoms with Crippen LogP contribution >= 0.6 is 38.9 Å². The molecule has 0 amide bonds. The molecule has 0 aliphatic rings. The number of aromatic nitrogens is 1. The van der Waals surface area contributed by atoms with Crippen LogP contribution in [0.4, 0.5) is 0 Å². The molecule has 11 heavy (non-hydrogen) atoms. The summed E-state index contributed by atoms with van der Waals surface area (Å²) in [5.41, 5.74) is 0. The average molecular weight is 249 g/mol. The highest BCUT2D eigenvalue weighted by Crippen LogP contribution is 2.28. The second kappa shape index (κ2) is 2.73. The number of nitrogens with zero attached hydrogens (tertiary/aromatic N) is 1. The van der Waals surface area contributed by atoms with E-state index in [0.29, 0.717) is 0 Å². The highest BCUT2D eigenvalue weighted by atomic mass is 79.9. The van der Waals surface area contributed by atoms with Gasteiger partial charge in [0, 0.05) is 16.1 Å². The van der Waals surface area contributed by atoms with Gasteiger partial charge in [0.2, 0.25) is 0 Å². The third-order valence-corrected chi connectivity index (χ3v) is 2.93. The van der Waals surface area contributed by atoms with E-state index in [0.717, 1.165) is 19.0 Å². The molecule has 0 unspecified atom stereocenters. The Bertz CT molecular complexity index is 398. The molecule has 2 heterocycles. The fourth-order valence-electron chi connectivity index (χ4n) is 0.875. The molecule has 0 radical (unpaired) electrons. The van der Waals surface area contributed by atoms with Crippen molar-refractivity contribution in [2.75, 3.05) is 0 Å². The summed E-state index contributed by atoms with van der Waals surface area (Å²) < 4.78 is 1.77. The van der Waals surface area contributed by atoms with Crippen LogP contribution in [0, 0.1) is 0 Å². The van der Waals surface area contributed by atoms with Crippen molar-refractivity contribution in [1.82, 2.24) is 4.98 Å². The third kappa shape index (κ3) is 1.41. The van der Waals surface area contributed by atoms with Crippen LogP contribution in [0.1, 0.15) is 0 Å². The van der Waals surface area contributed by atoms with E-state index in [1.807, 2.05) is 12.1 Å². The summed E-state index contributed by atoms with van der Waals surface area (Å²) in [6, 6.07) is 3.92. The predicted molar refractivity (Wildman–Crippen MR) is 52.3 cm³/mol. The zero-order valence-corrected chi connectivity index (χ0v) is 8.50. The first-order valence-corrected chi connectivity index (χ1v) is 4.95. The Labute approximate surface area is 81.1 Å².